The first-order valence-electron chi connectivity index (χ1n) is 5.85. The number of halogens is 1. The zero-order valence-electron chi connectivity index (χ0n) is 10.3. The molecular weight excluding hydrogens is 231 g/mol. The lowest BCUT2D eigenvalue weighted by Gasteiger charge is -2.04. The zero-order valence-corrected chi connectivity index (χ0v) is 10.3. The maximum Gasteiger partial charge on any atom is 0.125 e. The third-order valence-corrected chi connectivity index (χ3v) is 2.95. The normalized spacial score (nSPS) is 11.3. The van der Waals surface area contributed by atoms with Crippen LogP contribution in [0.2, 0.25) is 0 Å². The van der Waals surface area contributed by atoms with E-state index in [0.29, 0.717) is 0 Å². The van der Waals surface area contributed by atoms with Crippen molar-refractivity contribution in [2.45, 2.75) is 13.3 Å². The molecule has 0 fully saturated rings. The summed E-state index contributed by atoms with van der Waals surface area (Å²) in [5, 5.41) is 4.15. The lowest BCUT2D eigenvalue weighted by Crippen LogP contribution is -1.99. The minimum absolute atomic E-state index is 0.254. The van der Waals surface area contributed by atoms with Crippen LogP contribution in [0.4, 0.5) is 4.39 Å². The lowest BCUT2D eigenvalue weighted by molar-refractivity contribution is 0.629. The highest BCUT2D eigenvalue weighted by molar-refractivity contribution is 5.78. The molecule has 0 radical (unpaired) electrons. The minimum atomic E-state index is -0.254. The number of aromatic nitrogens is 4. The van der Waals surface area contributed by atoms with Gasteiger partial charge in [-0.1, -0.05) is 6.92 Å². The molecule has 0 atom stereocenters. The molecule has 0 bridgehead atoms. The third-order valence-electron chi connectivity index (χ3n) is 2.95. The molecule has 4 nitrogen and oxygen atoms in total. The van der Waals surface area contributed by atoms with Crippen molar-refractivity contribution in [3.63, 3.8) is 0 Å². The molecule has 0 saturated heterocycles. The predicted octanol–water partition coefficient (Wildman–Crippen LogP) is 2.46. The molecule has 0 aliphatic rings. The van der Waals surface area contributed by atoms with Crippen molar-refractivity contribution >= 4 is 11.0 Å². The molecule has 2 aromatic heterocycles. The van der Waals surface area contributed by atoms with E-state index in [1.165, 1.54) is 12.1 Å². The topological polar surface area (TPSA) is 35.6 Å². The van der Waals surface area contributed by atoms with Gasteiger partial charge in [-0.15, -0.1) is 0 Å². The van der Waals surface area contributed by atoms with Gasteiger partial charge in [0, 0.05) is 25.7 Å². The maximum atomic E-state index is 13.4. The highest BCUT2D eigenvalue weighted by Gasteiger charge is 2.12. The van der Waals surface area contributed by atoms with Crippen molar-refractivity contribution in [3.05, 3.63) is 42.2 Å². The molecule has 5 heteroatoms. The van der Waals surface area contributed by atoms with Crippen LogP contribution in [0, 0.1) is 5.82 Å². The van der Waals surface area contributed by atoms with Crippen LogP contribution in [0.5, 0.6) is 0 Å². The van der Waals surface area contributed by atoms with Crippen molar-refractivity contribution in [1.82, 2.24) is 19.3 Å². The first-order valence-corrected chi connectivity index (χ1v) is 5.85. The molecule has 3 aromatic rings. The first kappa shape index (κ1) is 11.0. The van der Waals surface area contributed by atoms with E-state index >= 15 is 0 Å². The Morgan fingerprint density at radius 3 is 2.83 bits per heavy atom. The van der Waals surface area contributed by atoms with Gasteiger partial charge in [0.05, 0.1) is 22.9 Å². The van der Waals surface area contributed by atoms with Crippen molar-refractivity contribution < 1.29 is 4.39 Å². The summed E-state index contributed by atoms with van der Waals surface area (Å²) < 4.78 is 17.1. The highest BCUT2D eigenvalue weighted by Crippen LogP contribution is 2.22. The van der Waals surface area contributed by atoms with Crippen LogP contribution >= 0.6 is 0 Å². The Kier molecular flexibility index (Phi) is 2.40. The average molecular weight is 244 g/mol. The zero-order chi connectivity index (χ0) is 12.7. The number of imidazole rings is 1. The summed E-state index contributed by atoms with van der Waals surface area (Å²) >= 11 is 0. The van der Waals surface area contributed by atoms with Gasteiger partial charge in [-0.05, 0) is 12.1 Å². The molecule has 0 N–H and O–H groups in total. The van der Waals surface area contributed by atoms with Crippen molar-refractivity contribution in [1.29, 1.82) is 0 Å². The van der Waals surface area contributed by atoms with Gasteiger partial charge in [0.15, 0.2) is 0 Å². The first-order chi connectivity index (χ1) is 8.69. The second-order valence-corrected chi connectivity index (χ2v) is 4.22. The second kappa shape index (κ2) is 3.94. The van der Waals surface area contributed by atoms with E-state index in [2.05, 4.69) is 10.1 Å². The van der Waals surface area contributed by atoms with Crippen LogP contribution in [0.3, 0.4) is 0 Å². The molecule has 0 saturated carbocycles. The quantitative estimate of drug-likeness (QED) is 0.694. The molecule has 0 aliphatic heterocycles. The van der Waals surface area contributed by atoms with E-state index in [9.17, 15) is 4.39 Å². The molecule has 0 spiro atoms. The number of benzene rings is 1. The summed E-state index contributed by atoms with van der Waals surface area (Å²) in [6, 6.07) is 4.65. The molecule has 92 valence electrons. The highest BCUT2D eigenvalue weighted by atomic mass is 19.1. The van der Waals surface area contributed by atoms with Crippen molar-refractivity contribution in [3.8, 4) is 5.69 Å². The Balaban J connectivity index is 2.34. The SMILES string of the molecule is CCc1nc2ccc(F)cc2n1-c1cnn(C)c1. The smallest absolute Gasteiger partial charge is 0.125 e. The van der Waals surface area contributed by atoms with Crippen molar-refractivity contribution in [2.24, 2.45) is 7.05 Å². The minimum Gasteiger partial charge on any atom is -0.293 e. The van der Waals surface area contributed by atoms with Gasteiger partial charge in [-0.3, -0.25) is 9.25 Å². The van der Waals surface area contributed by atoms with E-state index in [4.69, 9.17) is 0 Å². The standard InChI is InChI=1S/C13H13FN4/c1-3-13-16-11-5-4-9(14)6-12(11)18(13)10-7-15-17(2)8-10/h4-8H,3H2,1-2H3. The number of hydrogen-bond acceptors (Lipinski definition) is 2. The monoisotopic (exact) mass is 244 g/mol. The van der Waals surface area contributed by atoms with Gasteiger partial charge in [0.1, 0.15) is 11.6 Å². The molecule has 0 aliphatic carbocycles. The molecule has 2 heterocycles. The van der Waals surface area contributed by atoms with Crippen LogP contribution in [0.15, 0.2) is 30.6 Å². The van der Waals surface area contributed by atoms with Gasteiger partial charge in [0.2, 0.25) is 0 Å². The number of hydrogen-bond donors (Lipinski definition) is 0. The fourth-order valence-corrected chi connectivity index (χ4v) is 2.15. The molecule has 18 heavy (non-hydrogen) atoms. The van der Waals surface area contributed by atoms with Gasteiger partial charge in [-0.25, -0.2) is 9.37 Å². The van der Waals surface area contributed by atoms with Crippen LogP contribution in [-0.2, 0) is 13.5 Å². The number of fused-ring (bicyclic) bond motifs is 1. The molecular formula is C13H13FN4. The lowest BCUT2D eigenvalue weighted by atomic mass is 10.3. The van der Waals surface area contributed by atoms with Crippen LogP contribution in [0.1, 0.15) is 12.7 Å². The van der Waals surface area contributed by atoms with Crippen molar-refractivity contribution in [2.75, 3.05) is 0 Å². The number of rotatable bonds is 2. The van der Waals surface area contributed by atoms with E-state index < -0.39 is 0 Å². The molecule has 1 aromatic carbocycles. The summed E-state index contributed by atoms with van der Waals surface area (Å²) in [6.07, 6.45) is 4.43. The second-order valence-electron chi connectivity index (χ2n) is 4.22. The maximum absolute atomic E-state index is 13.4. The molecule has 0 amide bonds. The Labute approximate surface area is 104 Å². The summed E-state index contributed by atoms with van der Waals surface area (Å²) in [5.41, 5.74) is 2.49. The Morgan fingerprint density at radius 2 is 2.17 bits per heavy atom. The molecule has 0 unspecified atom stereocenters. The third kappa shape index (κ3) is 1.59. The van der Waals surface area contributed by atoms with Crippen LogP contribution in [-0.4, -0.2) is 19.3 Å². The van der Waals surface area contributed by atoms with Gasteiger partial charge in [0.25, 0.3) is 0 Å². The summed E-state index contributed by atoms with van der Waals surface area (Å²) in [4.78, 5) is 4.52. The van der Waals surface area contributed by atoms with E-state index in [0.717, 1.165) is 29.0 Å². The average Bonchev–Trinajstić information content (AvgIpc) is 2.91. The summed E-state index contributed by atoms with van der Waals surface area (Å²) in [6.45, 7) is 2.03. The van der Waals surface area contributed by atoms with Crippen LogP contribution in [0.25, 0.3) is 16.7 Å². The van der Waals surface area contributed by atoms with Gasteiger partial charge < -0.3 is 0 Å². The Bertz CT molecular complexity index is 711. The summed E-state index contributed by atoms with van der Waals surface area (Å²) in [5.74, 6) is 0.652. The Hall–Kier alpha value is -2.17. The fraction of sp³-hybridized carbons (Fsp3) is 0.231. The van der Waals surface area contributed by atoms with E-state index in [1.807, 2.05) is 24.7 Å². The number of aryl methyl sites for hydroxylation is 2. The summed E-state index contributed by atoms with van der Waals surface area (Å²) in [7, 11) is 1.86. The molecule has 3 rings (SSSR count). The number of nitrogens with zero attached hydrogens (tertiary/aromatic N) is 4. The van der Waals surface area contributed by atoms with Gasteiger partial charge >= 0.3 is 0 Å². The van der Waals surface area contributed by atoms with Crippen LogP contribution < -0.4 is 0 Å². The largest absolute Gasteiger partial charge is 0.293 e. The van der Waals surface area contributed by atoms with E-state index in [1.54, 1.807) is 16.9 Å². The van der Waals surface area contributed by atoms with E-state index in [-0.39, 0.29) is 5.82 Å². The predicted molar refractivity (Wildman–Crippen MR) is 67.2 cm³/mol. The Morgan fingerprint density at radius 1 is 1.33 bits per heavy atom. The fourth-order valence-electron chi connectivity index (χ4n) is 2.15. The van der Waals surface area contributed by atoms with Gasteiger partial charge in [-0.2, -0.15) is 5.10 Å².